The van der Waals surface area contributed by atoms with E-state index in [-0.39, 0.29) is 6.04 Å². The highest BCUT2D eigenvalue weighted by Crippen LogP contribution is 2.31. The molecule has 0 bridgehead atoms. The number of nitrogens with zero attached hydrogens (tertiary/aromatic N) is 1. The maximum Gasteiger partial charge on any atom is 0.263 e. The molecule has 0 saturated carbocycles. The Morgan fingerprint density at radius 2 is 2.40 bits per heavy atom. The molecule has 0 aliphatic rings. The fourth-order valence-corrected chi connectivity index (χ4v) is 1.75. The molecule has 1 atom stereocenters. The molecule has 80 valence electrons. The molecule has 0 spiro atoms. The van der Waals surface area contributed by atoms with Crippen molar-refractivity contribution in [3.8, 4) is 5.88 Å². The highest BCUT2D eigenvalue weighted by atomic mass is 79.9. The van der Waals surface area contributed by atoms with Gasteiger partial charge >= 0.3 is 0 Å². The number of rotatable bonds is 3. The summed E-state index contributed by atoms with van der Waals surface area (Å²) in [5.74, 6) is 0.481. The molecule has 2 rings (SSSR count). The fourth-order valence-electron chi connectivity index (χ4n) is 1.23. The van der Waals surface area contributed by atoms with Gasteiger partial charge in [0.25, 0.3) is 5.88 Å². The van der Waals surface area contributed by atoms with Crippen LogP contribution in [0.3, 0.4) is 0 Å². The Kier molecular flexibility index (Phi) is 2.93. The third-order valence-electron chi connectivity index (χ3n) is 1.90. The first kappa shape index (κ1) is 10.4. The molecule has 2 N–H and O–H groups in total. The maximum atomic E-state index is 5.60. The average Bonchev–Trinajstić information content (AvgIpc) is 2.59. The monoisotopic (exact) mass is 270 g/mol. The van der Waals surface area contributed by atoms with E-state index in [4.69, 9.17) is 15.0 Å². The lowest BCUT2D eigenvalue weighted by atomic mass is 10.2. The van der Waals surface area contributed by atoms with Crippen molar-refractivity contribution in [3.05, 3.63) is 22.7 Å². The zero-order chi connectivity index (χ0) is 10.8. The van der Waals surface area contributed by atoms with Gasteiger partial charge in [-0.3, -0.25) is 0 Å². The summed E-state index contributed by atoms with van der Waals surface area (Å²) < 4.78 is 11.5. The Morgan fingerprint density at radius 3 is 3.13 bits per heavy atom. The van der Waals surface area contributed by atoms with Crippen LogP contribution >= 0.6 is 15.9 Å². The Morgan fingerprint density at radius 1 is 1.60 bits per heavy atom. The van der Waals surface area contributed by atoms with Gasteiger partial charge in [0.15, 0.2) is 5.58 Å². The SMILES string of the molecule is CC(N)COc1noc2cccc(Br)c12. The molecule has 1 aromatic carbocycles. The van der Waals surface area contributed by atoms with E-state index >= 15 is 0 Å². The molecule has 0 aliphatic heterocycles. The summed E-state index contributed by atoms with van der Waals surface area (Å²) in [6.45, 7) is 2.29. The number of hydrogen-bond acceptors (Lipinski definition) is 4. The van der Waals surface area contributed by atoms with Crippen LogP contribution in [0.1, 0.15) is 6.92 Å². The van der Waals surface area contributed by atoms with E-state index in [1.54, 1.807) is 0 Å². The molecule has 1 unspecified atom stereocenters. The maximum absolute atomic E-state index is 5.60. The number of ether oxygens (including phenoxy) is 1. The molecule has 1 heterocycles. The molecule has 0 saturated heterocycles. The first-order valence-corrected chi connectivity index (χ1v) is 5.40. The van der Waals surface area contributed by atoms with Gasteiger partial charge in [0, 0.05) is 10.5 Å². The average molecular weight is 271 g/mol. The molecule has 1 aromatic heterocycles. The van der Waals surface area contributed by atoms with Crippen LogP contribution in [0.5, 0.6) is 5.88 Å². The van der Waals surface area contributed by atoms with Crippen molar-refractivity contribution >= 4 is 26.9 Å². The van der Waals surface area contributed by atoms with Crippen molar-refractivity contribution in [2.75, 3.05) is 6.61 Å². The van der Waals surface area contributed by atoms with Crippen molar-refractivity contribution in [1.82, 2.24) is 5.16 Å². The minimum atomic E-state index is -0.0285. The number of nitrogens with two attached hydrogens (primary N) is 1. The zero-order valence-corrected chi connectivity index (χ0v) is 9.82. The number of hydrogen-bond donors (Lipinski definition) is 1. The van der Waals surface area contributed by atoms with Gasteiger partial charge in [-0.1, -0.05) is 6.07 Å². The lowest BCUT2D eigenvalue weighted by Gasteiger charge is -2.05. The summed E-state index contributed by atoms with van der Waals surface area (Å²) >= 11 is 3.42. The van der Waals surface area contributed by atoms with Crippen molar-refractivity contribution in [1.29, 1.82) is 0 Å². The van der Waals surface area contributed by atoms with Gasteiger partial charge in [0.05, 0.1) is 5.39 Å². The first-order chi connectivity index (χ1) is 7.18. The van der Waals surface area contributed by atoms with Crippen LogP contribution < -0.4 is 10.5 Å². The highest BCUT2D eigenvalue weighted by molar-refractivity contribution is 9.10. The van der Waals surface area contributed by atoms with Crippen LogP contribution in [0.2, 0.25) is 0 Å². The van der Waals surface area contributed by atoms with Gasteiger partial charge in [0.1, 0.15) is 6.61 Å². The van der Waals surface area contributed by atoms with Crippen molar-refractivity contribution in [3.63, 3.8) is 0 Å². The standard InChI is InChI=1S/C10H11BrN2O2/c1-6(12)5-14-10-9-7(11)3-2-4-8(9)15-13-10/h2-4,6H,5,12H2,1H3. The van der Waals surface area contributed by atoms with Gasteiger partial charge < -0.3 is 15.0 Å². The number of fused-ring (bicyclic) bond motifs is 1. The molecule has 0 aliphatic carbocycles. The van der Waals surface area contributed by atoms with E-state index in [1.807, 2.05) is 25.1 Å². The van der Waals surface area contributed by atoms with Crippen molar-refractivity contribution < 1.29 is 9.26 Å². The smallest absolute Gasteiger partial charge is 0.263 e. The predicted octanol–water partition coefficient (Wildman–Crippen LogP) is 2.32. The van der Waals surface area contributed by atoms with Gasteiger partial charge in [-0.05, 0) is 40.1 Å². The highest BCUT2D eigenvalue weighted by Gasteiger charge is 2.12. The van der Waals surface area contributed by atoms with Crippen LogP contribution in [0, 0.1) is 0 Å². The lowest BCUT2D eigenvalue weighted by Crippen LogP contribution is -2.23. The number of halogens is 1. The summed E-state index contributed by atoms with van der Waals surface area (Å²) in [4.78, 5) is 0. The topological polar surface area (TPSA) is 61.3 Å². The Hall–Kier alpha value is -1.07. The second-order valence-electron chi connectivity index (χ2n) is 3.39. The molecule has 0 fully saturated rings. The predicted molar refractivity (Wildman–Crippen MR) is 60.9 cm³/mol. The summed E-state index contributed by atoms with van der Waals surface area (Å²) in [6.07, 6.45) is 0. The van der Waals surface area contributed by atoms with Crippen LogP contribution in [-0.2, 0) is 0 Å². The largest absolute Gasteiger partial charge is 0.473 e. The van der Waals surface area contributed by atoms with E-state index in [0.717, 1.165) is 9.86 Å². The molecule has 4 nitrogen and oxygen atoms in total. The summed E-state index contributed by atoms with van der Waals surface area (Å²) in [5, 5.41) is 4.69. The van der Waals surface area contributed by atoms with E-state index in [9.17, 15) is 0 Å². The minimum Gasteiger partial charge on any atom is -0.473 e. The number of benzene rings is 1. The molecule has 15 heavy (non-hydrogen) atoms. The van der Waals surface area contributed by atoms with Gasteiger partial charge in [0.2, 0.25) is 0 Å². The Bertz CT molecular complexity index is 467. The molecule has 5 heteroatoms. The van der Waals surface area contributed by atoms with Crippen LogP contribution in [0.15, 0.2) is 27.2 Å². The van der Waals surface area contributed by atoms with E-state index in [1.165, 1.54) is 0 Å². The summed E-state index contributed by atoms with van der Waals surface area (Å²) in [5.41, 5.74) is 6.29. The van der Waals surface area contributed by atoms with Crippen LogP contribution in [0.4, 0.5) is 0 Å². The third-order valence-corrected chi connectivity index (χ3v) is 2.56. The second kappa shape index (κ2) is 4.20. The first-order valence-electron chi connectivity index (χ1n) is 4.61. The quantitative estimate of drug-likeness (QED) is 0.930. The lowest BCUT2D eigenvalue weighted by molar-refractivity contribution is 0.268. The zero-order valence-electron chi connectivity index (χ0n) is 8.24. The Labute approximate surface area is 95.5 Å². The van der Waals surface area contributed by atoms with Gasteiger partial charge in [-0.2, -0.15) is 0 Å². The van der Waals surface area contributed by atoms with Crippen molar-refractivity contribution in [2.24, 2.45) is 5.73 Å². The summed E-state index contributed by atoms with van der Waals surface area (Å²) in [7, 11) is 0. The molecule has 2 aromatic rings. The normalized spacial score (nSPS) is 13.0. The molecular weight excluding hydrogens is 260 g/mol. The van der Waals surface area contributed by atoms with Crippen molar-refractivity contribution in [2.45, 2.75) is 13.0 Å². The van der Waals surface area contributed by atoms with E-state index < -0.39 is 0 Å². The van der Waals surface area contributed by atoms with Gasteiger partial charge in [-0.15, -0.1) is 0 Å². The van der Waals surface area contributed by atoms with Gasteiger partial charge in [-0.25, -0.2) is 0 Å². The summed E-state index contributed by atoms with van der Waals surface area (Å²) in [6, 6.07) is 5.61. The number of aromatic nitrogens is 1. The molecular formula is C10H11BrN2O2. The van der Waals surface area contributed by atoms with Crippen LogP contribution in [-0.4, -0.2) is 17.8 Å². The Balaban J connectivity index is 2.35. The second-order valence-corrected chi connectivity index (χ2v) is 4.24. The minimum absolute atomic E-state index is 0.0285. The van der Waals surface area contributed by atoms with Crippen LogP contribution in [0.25, 0.3) is 11.0 Å². The molecule has 0 amide bonds. The molecule has 0 radical (unpaired) electrons. The van der Waals surface area contributed by atoms with E-state index in [0.29, 0.717) is 18.1 Å². The van der Waals surface area contributed by atoms with E-state index in [2.05, 4.69) is 21.1 Å². The fraction of sp³-hybridized carbons (Fsp3) is 0.300. The third kappa shape index (κ3) is 2.13.